The molecule has 176 valence electrons. The number of aryl methyl sites for hydroxylation is 1. The Morgan fingerprint density at radius 3 is 2.85 bits per heavy atom. The molecule has 6 rings (SSSR count). The van der Waals surface area contributed by atoms with Gasteiger partial charge in [0.05, 0.1) is 19.3 Å². The molecule has 1 spiro atoms. The molecular weight excluding hydrogens is 414 g/mol. The molecule has 2 saturated carbocycles. The predicted molar refractivity (Wildman–Crippen MR) is 126 cm³/mol. The number of carbonyl (C=O) groups excluding carboxylic acids is 1. The van der Waals surface area contributed by atoms with Crippen LogP contribution in [0.15, 0.2) is 30.3 Å². The fraction of sp³-hybridized carbons (Fsp3) is 0.615. The summed E-state index contributed by atoms with van der Waals surface area (Å²) in [6.45, 7) is 4.49. The highest BCUT2D eigenvalue weighted by molar-refractivity contribution is 5.67. The maximum Gasteiger partial charge on any atom is 0.409 e. The minimum Gasteiger partial charge on any atom is -0.453 e. The quantitative estimate of drug-likeness (QED) is 0.755. The molecule has 4 unspecified atom stereocenters. The lowest BCUT2D eigenvalue weighted by Gasteiger charge is -2.68. The van der Waals surface area contributed by atoms with Gasteiger partial charge in [0, 0.05) is 54.8 Å². The van der Waals surface area contributed by atoms with Crippen LogP contribution in [0.1, 0.15) is 67.0 Å². The number of likely N-dealkylation sites (tertiary alicyclic amines) is 1. The van der Waals surface area contributed by atoms with E-state index in [1.165, 1.54) is 44.1 Å². The third kappa shape index (κ3) is 3.16. The Kier molecular flexibility index (Phi) is 5.03. The molecule has 3 heterocycles. The van der Waals surface area contributed by atoms with Crippen LogP contribution in [0.2, 0.25) is 0 Å². The second-order valence-electron chi connectivity index (χ2n) is 10.5. The lowest BCUT2D eigenvalue weighted by Crippen LogP contribution is -2.74. The van der Waals surface area contributed by atoms with Gasteiger partial charge in [-0.1, -0.05) is 30.3 Å². The van der Waals surface area contributed by atoms with Crippen molar-refractivity contribution in [3.8, 4) is 0 Å². The highest BCUT2D eigenvalue weighted by Crippen LogP contribution is 2.67. The zero-order valence-electron chi connectivity index (χ0n) is 19.7. The van der Waals surface area contributed by atoms with Crippen LogP contribution >= 0.6 is 0 Å². The van der Waals surface area contributed by atoms with Crippen molar-refractivity contribution in [2.45, 2.75) is 76.2 Å². The van der Waals surface area contributed by atoms with Crippen LogP contribution < -0.4 is 5.73 Å². The maximum absolute atomic E-state index is 12.0. The van der Waals surface area contributed by atoms with Crippen molar-refractivity contribution >= 4 is 6.09 Å². The van der Waals surface area contributed by atoms with Gasteiger partial charge in [-0.15, -0.1) is 0 Å². The Morgan fingerprint density at radius 2 is 2.12 bits per heavy atom. The van der Waals surface area contributed by atoms with Crippen molar-refractivity contribution in [2.75, 3.05) is 20.2 Å². The number of nitrogens with zero attached hydrogens (tertiary/aromatic N) is 4. The Labute approximate surface area is 195 Å². The van der Waals surface area contributed by atoms with E-state index in [0.29, 0.717) is 30.6 Å². The third-order valence-electron chi connectivity index (χ3n) is 9.07. The Balaban J connectivity index is 1.16. The van der Waals surface area contributed by atoms with Crippen molar-refractivity contribution in [3.05, 3.63) is 53.1 Å². The van der Waals surface area contributed by atoms with Crippen molar-refractivity contribution in [2.24, 2.45) is 11.1 Å². The molecule has 7 nitrogen and oxygen atoms in total. The lowest BCUT2D eigenvalue weighted by atomic mass is 9.53. The van der Waals surface area contributed by atoms with E-state index in [0.717, 1.165) is 36.9 Å². The molecule has 4 aliphatic rings. The molecular formula is C26H35N5O2. The van der Waals surface area contributed by atoms with E-state index >= 15 is 0 Å². The summed E-state index contributed by atoms with van der Waals surface area (Å²) < 4.78 is 7.46. The average Bonchev–Trinajstić information content (AvgIpc) is 3.37. The van der Waals surface area contributed by atoms with Gasteiger partial charge in [0.1, 0.15) is 5.82 Å². The number of hydrogen-bond acceptors (Lipinski definition) is 5. The lowest BCUT2D eigenvalue weighted by molar-refractivity contribution is -0.188. The van der Waals surface area contributed by atoms with Gasteiger partial charge < -0.3 is 19.9 Å². The molecule has 1 saturated heterocycles. The Morgan fingerprint density at radius 1 is 1.30 bits per heavy atom. The van der Waals surface area contributed by atoms with Crippen molar-refractivity contribution in [1.29, 1.82) is 0 Å². The fourth-order valence-corrected chi connectivity index (χ4v) is 7.49. The number of fused-ring (bicyclic) bond motifs is 1. The number of nitrogens with two attached hydrogens (primary N) is 1. The smallest absolute Gasteiger partial charge is 0.409 e. The second-order valence-corrected chi connectivity index (χ2v) is 10.5. The van der Waals surface area contributed by atoms with Crippen LogP contribution in [0.3, 0.4) is 0 Å². The number of piperidine rings is 1. The zero-order valence-corrected chi connectivity index (χ0v) is 19.7. The maximum atomic E-state index is 12.0. The minimum absolute atomic E-state index is 0.110. The largest absolute Gasteiger partial charge is 0.453 e. The van der Waals surface area contributed by atoms with Gasteiger partial charge in [-0.25, -0.2) is 9.78 Å². The highest BCUT2D eigenvalue weighted by atomic mass is 16.5. The fourth-order valence-electron chi connectivity index (χ4n) is 7.49. The number of carbonyl (C=O) groups is 1. The summed E-state index contributed by atoms with van der Waals surface area (Å²) in [5, 5.41) is 0. The normalized spacial score (nSPS) is 31.1. The SMILES string of the molecule is COC(=O)N1CCc2c(nc(C)n2C2CC3N(CC[C@H](N)c4ccccc4)C4CCC43C2)C1. The van der Waals surface area contributed by atoms with Crippen LogP contribution in [-0.2, 0) is 17.7 Å². The molecule has 2 aliphatic heterocycles. The van der Waals surface area contributed by atoms with Gasteiger partial charge >= 0.3 is 6.09 Å². The van der Waals surface area contributed by atoms with Crippen LogP contribution in [0, 0.1) is 12.3 Å². The number of ether oxygens (including phenoxy) is 1. The van der Waals surface area contributed by atoms with Gasteiger partial charge in [-0.3, -0.25) is 4.90 Å². The number of hydrogen-bond donors (Lipinski definition) is 1. The number of imidazole rings is 1. The number of amides is 1. The number of methoxy groups -OCH3 is 1. The van der Waals surface area contributed by atoms with Crippen molar-refractivity contribution in [3.63, 3.8) is 0 Å². The number of rotatable bonds is 5. The molecule has 2 aliphatic carbocycles. The van der Waals surface area contributed by atoms with E-state index in [9.17, 15) is 4.79 Å². The molecule has 5 atom stereocenters. The van der Waals surface area contributed by atoms with E-state index in [-0.39, 0.29) is 12.1 Å². The molecule has 2 aromatic rings. The van der Waals surface area contributed by atoms with Gasteiger partial charge in [0.2, 0.25) is 0 Å². The molecule has 0 radical (unpaired) electrons. The zero-order chi connectivity index (χ0) is 22.7. The summed E-state index contributed by atoms with van der Waals surface area (Å²) in [4.78, 5) is 21.4. The van der Waals surface area contributed by atoms with Crippen LogP contribution in [-0.4, -0.2) is 57.7 Å². The summed E-state index contributed by atoms with van der Waals surface area (Å²) in [5.74, 6) is 1.10. The molecule has 3 fully saturated rings. The summed E-state index contributed by atoms with van der Waals surface area (Å²) in [7, 11) is 1.45. The first-order valence-corrected chi connectivity index (χ1v) is 12.5. The molecule has 2 N–H and O–H groups in total. The number of benzene rings is 1. The van der Waals surface area contributed by atoms with Gasteiger partial charge in [0.15, 0.2) is 0 Å². The Hall–Kier alpha value is -2.38. The standard InChI is InChI=1S/C26H35N5O2/c1-17-28-21-16-29(25(32)33-2)12-10-22(21)31(17)19-14-24-26(15-19)11-8-23(26)30(24)13-9-20(27)18-6-4-3-5-7-18/h3-7,19-20,23-24H,8-16,27H2,1-2H3/t19?,20-,23?,24?,26?/m0/s1. The van der Waals surface area contributed by atoms with E-state index in [4.69, 9.17) is 15.5 Å². The third-order valence-corrected chi connectivity index (χ3v) is 9.07. The van der Waals surface area contributed by atoms with E-state index in [1.807, 2.05) is 0 Å². The molecule has 33 heavy (non-hydrogen) atoms. The minimum atomic E-state index is -0.257. The topological polar surface area (TPSA) is 76.6 Å². The van der Waals surface area contributed by atoms with Crippen molar-refractivity contribution in [1.82, 2.24) is 19.4 Å². The predicted octanol–water partition coefficient (Wildman–Crippen LogP) is 3.57. The van der Waals surface area contributed by atoms with Gasteiger partial charge in [-0.05, 0) is 44.6 Å². The van der Waals surface area contributed by atoms with Crippen LogP contribution in [0.5, 0.6) is 0 Å². The monoisotopic (exact) mass is 449 g/mol. The first kappa shape index (κ1) is 21.2. The Bertz CT molecular complexity index is 1050. The van der Waals surface area contributed by atoms with E-state index < -0.39 is 0 Å². The molecule has 1 aromatic carbocycles. The van der Waals surface area contributed by atoms with E-state index in [2.05, 4.69) is 46.7 Å². The number of aromatic nitrogens is 2. The molecule has 1 aromatic heterocycles. The van der Waals surface area contributed by atoms with Crippen molar-refractivity contribution < 1.29 is 9.53 Å². The first-order valence-electron chi connectivity index (χ1n) is 12.5. The summed E-state index contributed by atoms with van der Waals surface area (Å²) in [6, 6.07) is 12.5. The summed E-state index contributed by atoms with van der Waals surface area (Å²) >= 11 is 0. The van der Waals surface area contributed by atoms with E-state index in [1.54, 1.807) is 4.90 Å². The summed E-state index contributed by atoms with van der Waals surface area (Å²) in [6.07, 6.45) is 6.80. The highest BCUT2D eigenvalue weighted by Gasteiger charge is 2.69. The van der Waals surface area contributed by atoms with Gasteiger partial charge in [-0.2, -0.15) is 0 Å². The average molecular weight is 450 g/mol. The van der Waals surface area contributed by atoms with Crippen LogP contribution in [0.4, 0.5) is 4.79 Å². The first-order chi connectivity index (χ1) is 16.0. The molecule has 0 bridgehead atoms. The van der Waals surface area contributed by atoms with Crippen LogP contribution in [0.25, 0.3) is 0 Å². The van der Waals surface area contributed by atoms with Gasteiger partial charge in [0.25, 0.3) is 0 Å². The summed E-state index contributed by atoms with van der Waals surface area (Å²) in [5.41, 5.74) is 10.7. The second kappa shape index (κ2) is 7.84. The molecule has 1 amide bonds. The molecule has 7 heteroatoms.